The average molecular weight is 264 g/mol. The largest absolute Gasteiger partial charge is 0.388 e. The number of nitrogens with zero attached hydrogens (tertiary/aromatic N) is 2. The highest BCUT2D eigenvalue weighted by atomic mass is 16.6. The van der Waals surface area contributed by atoms with E-state index in [0.717, 1.165) is 6.42 Å². The standard InChI is InChI=1S/C12H16N4O3/c1-13-9-5-10(7-11(6-9)16(18)19)15-4-2-3-14-12(17)8-15/h5-7,13H,2-4,8H2,1H3,(H,14,17). The van der Waals surface area contributed by atoms with Gasteiger partial charge in [0, 0.05) is 43.6 Å². The summed E-state index contributed by atoms with van der Waals surface area (Å²) >= 11 is 0. The average Bonchev–Trinajstić information content (AvgIpc) is 2.62. The first-order valence-electron chi connectivity index (χ1n) is 6.09. The molecule has 1 saturated heterocycles. The van der Waals surface area contributed by atoms with Crippen LogP contribution < -0.4 is 15.5 Å². The molecule has 1 heterocycles. The zero-order chi connectivity index (χ0) is 13.8. The van der Waals surface area contributed by atoms with Crippen molar-refractivity contribution in [3.63, 3.8) is 0 Å². The Morgan fingerprint density at radius 3 is 2.89 bits per heavy atom. The molecule has 2 rings (SSSR count). The molecule has 0 aromatic heterocycles. The summed E-state index contributed by atoms with van der Waals surface area (Å²) in [5.74, 6) is -0.0602. The van der Waals surface area contributed by atoms with Crippen molar-refractivity contribution in [2.45, 2.75) is 6.42 Å². The topological polar surface area (TPSA) is 87.5 Å². The quantitative estimate of drug-likeness (QED) is 0.627. The van der Waals surface area contributed by atoms with E-state index in [1.165, 1.54) is 12.1 Å². The Balaban J connectivity index is 2.34. The molecule has 1 aromatic rings. The lowest BCUT2D eigenvalue weighted by Crippen LogP contribution is -2.33. The molecule has 102 valence electrons. The Morgan fingerprint density at radius 1 is 1.42 bits per heavy atom. The summed E-state index contributed by atoms with van der Waals surface area (Å²) in [6, 6.07) is 4.78. The number of amides is 1. The van der Waals surface area contributed by atoms with E-state index in [9.17, 15) is 14.9 Å². The first kappa shape index (κ1) is 13.1. The van der Waals surface area contributed by atoms with Crippen molar-refractivity contribution in [1.82, 2.24) is 5.32 Å². The minimum atomic E-state index is -0.428. The van der Waals surface area contributed by atoms with Crippen molar-refractivity contribution in [2.24, 2.45) is 0 Å². The van der Waals surface area contributed by atoms with Gasteiger partial charge in [-0.05, 0) is 12.5 Å². The molecule has 0 unspecified atom stereocenters. The van der Waals surface area contributed by atoms with Crippen LogP contribution in [0.5, 0.6) is 0 Å². The van der Waals surface area contributed by atoms with Crippen molar-refractivity contribution in [3.05, 3.63) is 28.3 Å². The van der Waals surface area contributed by atoms with Crippen molar-refractivity contribution < 1.29 is 9.72 Å². The highest BCUT2D eigenvalue weighted by molar-refractivity contribution is 5.82. The van der Waals surface area contributed by atoms with Crippen LogP contribution in [-0.2, 0) is 4.79 Å². The molecule has 0 atom stereocenters. The van der Waals surface area contributed by atoms with E-state index in [1.807, 2.05) is 11.0 Å². The molecular weight excluding hydrogens is 248 g/mol. The molecule has 7 nitrogen and oxygen atoms in total. The summed E-state index contributed by atoms with van der Waals surface area (Å²) < 4.78 is 0. The number of nitro benzene ring substituents is 1. The minimum Gasteiger partial charge on any atom is -0.388 e. The lowest BCUT2D eigenvalue weighted by molar-refractivity contribution is -0.384. The predicted molar refractivity (Wildman–Crippen MR) is 72.5 cm³/mol. The van der Waals surface area contributed by atoms with E-state index in [2.05, 4.69) is 10.6 Å². The van der Waals surface area contributed by atoms with Gasteiger partial charge in [0.15, 0.2) is 0 Å². The molecule has 7 heteroatoms. The van der Waals surface area contributed by atoms with Crippen molar-refractivity contribution in [1.29, 1.82) is 0 Å². The second-order valence-electron chi connectivity index (χ2n) is 4.37. The smallest absolute Gasteiger partial charge is 0.273 e. The van der Waals surface area contributed by atoms with Gasteiger partial charge in [0.05, 0.1) is 11.5 Å². The maximum atomic E-state index is 11.5. The third kappa shape index (κ3) is 3.12. The van der Waals surface area contributed by atoms with Gasteiger partial charge in [0.1, 0.15) is 0 Å². The Hall–Kier alpha value is -2.31. The molecule has 1 aliphatic heterocycles. The highest BCUT2D eigenvalue weighted by Gasteiger charge is 2.18. The fourth-order valence-corrected chi connectivity index (χ4v) is 2.05. The monoisotopic (exact) mass is 264 g/mol. The number of rotatable bonds is 3. The molecule has 1 fully saturated rings. The van der Waals surface area contributed by atoms with E-state index in [0.29, 0.717) is 24.5 Å². The summed E-state index contributed by atoms with van der Waals surface area (Å²) in [7, 11) is 1.71. The zero-order valence-corrected chi connectivity index (χ0v) is 10.7. The lowest BCUT2D eigenvalue weighted by Gasteiger charge is -2.21. The number of nitro groups is 1. The van der Waals surface area contributed by atoms with Crippen molar-refractivity contribution in [3.8, 4) is 0 Å². The maximum Gasteiger partial charge on any atom is 0.273 e. The molecular formula is C12H16N4O3. The molecule has 0 spiro atoms. The van der Waals surface area contributed by atoms with Gasteiger partial charge >= 0.3 is 0 Å². The van der Waals surface area contributed by atoms with E-state index < -0.39 is 4.92 Å². The summed E-state index contributed by atoms with van der Waals surface area (Å²) in [6.45, 7) is 1.57. The Kier molecular flexibility index (Phi) is 3.84. The minimum absolute atomic E-state index is 0.0199. The molecule has 0 saturated carbocycles. The first-order chi connectivity index (χ1) is 9.10. The highest BCUT2D eigenvalue weighted by Crippen LogP contribution is 2.27. The van der Waals surface area contributed by atoms with Crippen LogP contribution in [0, 0.1) is 10.1 Å². The van der Waals surface area contributed by atoms with Crippen LogP contribution in [0.15, 0.2) is 18.2 Å². The zero-order valence-electron chi connectivity index (χ0n) is 10.7. The molecule has 1 aliphatic rings. The number of hydrogen-bond acceptors (Lipinski definition) is 5. The number of nitrogens with one attached hydrogen (secondary N) is 2. The van der Waals surface area contributed by atoms with Crippen molar-refractivity contribution >= 4 is 23.0 Å². The Morgan fingerprint density at radius 2 is 2.21 bits per heavy atom. The SMILES string of the molecule is CNc1cc(N2CCCNC(=O)C2)cc([N+](=O)[O-])c1. The normalized spacial score (nSPS) is 15.6. The summed E-state index contributed by atoms with van der Waals surface area (Å²) in [5, 5.41) is 16.6. The Labute approximate surface area is 110 Å². The van der Waals surface area contributed by atoms with Gasteiger partial charge in [-0.15, -0.1) is 0 Å². The third-order valence-corrected chi connectivity index (χ3v) is 3.03. The van der Waals surface area contributed by atoms with Gasteiger partial charge in [0.25, 0.3) is 5.69 Å². The predicted octanol–water partition coefficient (Wildman–Crippen LogP) is 0.963. The van der Waals surface area contributed by atoms with Gasteiger partial charge in [-0.1, -0.05) is 0 Å². The van der Waals surface area contributed by atoms with Crippen LogP contribution in [0.1, 0.15) is 6.42 Å². The Bertz CT molecular complexity index is 504. The number of benzene rings is 1. The summed E-state index contributed by atoms with van der Waals surface area (Å²) in [5.41, 5.74) is 1.37. The van der Waals surface area contributed by atoms with Crippen LogP contribution in [0.25, 0.3) is 0 Å². The van der Waals surface area contributed by atoms with Gasteiger partial charge in [-0.3, -0.25) is 14.9 Å². The van der Waals surface area contributed by atoms with Crippen LogP contribution in [0.4, 0.5) is 17.1 Å². The lowest BCUT2D eigenvalue weighted by atomic mass is 10.2. The van der Waals surface area contributed by atoms with Crippen LogP contribution in [0.2, 0.25) is 0 Å². The van der Waals surface area contributed by atoms with E-state index in [4.69, 9.17) is 0 Å². The van der Waals surface area contributed by atoms with Crippen LogP contribution >= 0.6 is 0 Å². The first-order valence-corrected chi connectivity index (χ1v) is 6.09. The van der Waals surface area contributed by atoms with Gasteiger partial charge in [0.2, 0.25) is 5.91 Å². The molecule has 0 aliphatic carbocycles. The maximum absolute atomic E-state index is 11.5. The third-order valence-electron chi connectivity index (χ3n) is 3.03. The fraction of sp³-hybridized carbons (Fsp3) is 0.417. The van der Waals surface area contributed by atoms with E-state index >= 15 is 0 Å². The number of carbonyl (C=O) groups is 1. The van der Waals surface area contributed by atoms with Crippen LogP contribution in [0.3, 0.4) is 0 Å². The number of non-ortho nitro benzene ring substituents is 1. The fourth-order valence-electron chi connectivity index (χ4n) is 2.05. The molecule has 2 N–H and O–H groups in total. The van der Waals surface area contributed by atoms with Gasteiger partial charge < -0.3 is 15.5 Å². The van der Waals surface area contributed by atoms with Crippen LogP contribution in [-0.4, -0.2) is 37.5 Å². The number of carbonyl (C=O) groups excluding carboxylic acids is 1. The molecule has 0 bridgehead atoms. The van der Waals surface area contributed by atoms with E-state index in [-0.39, 0.29) is 18.1 Å². The number of anilines is 2. The summed E-state index contributed by atoms with van der Waals surface area (Å²) in [6.07, 6.45) is 0.823. The van der Waals surface area contributed by atoms with Gasteiger partial charge in [-0.2, -0.15) is 0 Å². The second-order valence-corrected chi connectivity index (χ2v) is 4.37. The van der Waals surface area contributed by atoms with E-state index in [1.54, 1.807) is 7.05 Å². The molecule has 0 radical (unpaired) electrons. The molecule has 1 aromatic carbocycles. The van der Waals surface area contributed by atoms with Crippen molar-refractivity contribution in [2.75, 3.05) is 36.9 Å². The molecule has 19 heavy (non-hydrogen) atoms. The van der Waals surface area contributed by atoms with Gasteiger partial charge in [-0.25, -0.2) is 0 Å². The molecule has 1 amide bonds. The second kappa shape index (κ2) is 5.55. The summed E-state index contributed by atoms with van der Waals surface area (Å²) in [4.78, 5) is 23.9. The number of hydrogen-bond donors (Lipinski definition) is 2.